The molecule has 74 valence electrons. The molecule has 0 aliphatic heterocycles. The first-order valence-corrected chi connectivity index (χ1v) is 4.47. The average Bonchev–Trinajstić information content (AvgIpc) is 2.72. The number of H-pyrrole nitrogens is 1. The molecule has 1 N–H and O–H groups in total. The van der Waals surface area contributed by atoms with Gasteiger partial charge in [0.2, 0.25) is 0 Å². The van der Waals surface area contributed by atoms with Gasteiger partial charge in [-0.2, -0.15) is 0 Å². The van der Waals surface area contributed by atoms with E-state index in [0.717, 1.165) is 12.2 Å². The van der Waals surface area contributed by atoms with Crippen LogP contribution in [0.5, 0.6) is 0 Å². The zero-order chi connectivity index (χ0) is 9.97. The topological polar surface area (TPSA) is 55.6 Å². The molecule has 2 heterocycles. The molecule has 0 aliphatic carbocycles. The number of imidazole rings is 2. The lowest BCUT2D eigenvalue weighted by Crippen LogP contribution is -2.18. The molecule has 0 atom stereocenters. The maximum absolute atomic E-state index is 11.1. The van der Waals surface area contributed by atoms with Crippen molar-refractivity contribution >= 4 is 0 Å². The summed E-state index contributed by atoms with van der Waals surface area (Å²) < 4.78 is 3.59. The van der Waals surface area contributed by atoms with Crippen molar-refractivity contribution in [3.8, 4) is 0 Å². The smallest absolute Gasteiger partial charge is 0.325 e. The molecule has 0 radical (unpaired) electrons. The van der Waals surface area contributed by atoms with Crippen LogP contribution in [-0.4, -0.2) is 19.1 Å². The molecule has 0 fully saturated rings. The van der Waals surface area contributed by atoms with Gasteiger partial charge >= 0.3 is 5.69 Å². The molecule has 0 bridgehead atoms. The molecule has 2 rings (SSSR count). The Morgan fingerprint density at radius 3 is 2.93 bits per heavy atom. The highest BCUT2D eigenvalue weighted by Crippen LogP contribution is 1.96. The minimum Gasteiger partial charge on any atom is -0.338 e. The second-order valence-corrected chi connectivity index (χ2v) is 3.16. The van der Waals surface area contributed by atoms with E-state index in [1.807, 2.05) is 17.8 Å². The number of aryl methyl sites for hydroxylation is 3. The van der Waals surface area contributed by atoms with Crippen LogP contribution in [0.25, 0.3) is 0 Å². The summed E-state index contributed by atoms with van der Waals surface area (Å²) in [6.07, 6.45) is 7.80. The Bertz CT molecular complexity index is 465. The van der Waals surface area contributed by atoms with E-state index in [1.54, 1.807) is 23.2 Å². The SMILES string of the molecule is Cn1ccnc1CCn1cc[nH]c1=O. The van der Waals surface area contributed by atoms with Crippen LogP contribution in [0.4, 0.5) is 0 Å². The van der Waals surface area contributed by atoms with Crippen LogP contribution in [0, 0.1) is 0 Å². The van der Waals surface area contributed by atoms with E-state index in [2.05, 4.69) is 9.97 Å². The molecule has 0 spiro atoms. The largest absolute Gasteiger partial charge is 0.338 e. The van der Waals surface area contributed by atoms with Crippen LogP contribution in [-0.2, 0) is 20.0 Å². The molecule has 0 unspecified atom stereocenters. The summed E-state index contributed by atoms with van der Waals surface area (Å²) in [6.45, 7) is 0.660. The molecule has 0 saturated carbocycles. The van der Waals surface area contributed by atoms with Gasteiger partial charge in [-0.1, -0.05) is 0 Å². The normalized spacial score (nSPS) is 10.6. The Morgan fingerprint density at radius 2 is 2.36 bits per heavy atom. The van der Waals surface area contributed by atoms with Gasteiger partial charge in [0.1, 0.15) is 5.82 Å². The van der Waals surface area contributed by atoms with Gasteiger partial charge in [0.05, 0.1) is 0 Å². The summed E-state index contributed by atoms with van der Waals surface area (Å²) in [5.41, 5.74) is -0.0702. The molecule has 0 aromatic carbocycles. The number of hydrogen-bond acceptors (Lipinski definition) is 2. The van der Waals surface area contributed by atoms with Crippen LogP contribution < -0.4 is 5.69 Å². The van der Waals surface area contributed by atoms with Gasteiger partial charge in [0.15, 0.2) is 0 Å². The average molecular weight is 192 g/mol. The van der Waals surface area contributed by atoms with E-state index in [0.29, 0.717) is 6.54 Å². The summed E-state index contributed by atoms with van der Waals surface area (Å²) >= 11 is 0. The fourth-order valence-corrected chi connectivity index (χ4v) is 1.38. The first-order valence-electron chi connectivity index (χ1n) is 4.47. The van der Waals surface area contributed by atoms with Crippen LogP contribution >= 0.6 is 0 Å². The molecule has 0 amide bonds. The van der Waals surface area contributed by atoms with Crippen LogP contribution in [0.2, 0.25) is 0 Å². The summed E-state index contributed by atoms with van der Waals surface area (Å²) in [6, 6.07) is 0. The Kier molecular flexibility index (Phi) is 2.22. The highest BCUT2D eigenvalue weighted by molar-refractivity contribution is 4.91. The van der Waals surface area contributed by atoms with Crippen LogP contribution in [0.1, 0.15) is 5.82 Å². The van der Waals surface area contributed by atoms with Crippen molar-refractivity contribution in [2.45, 2.75) is 13.0 Å². The monoisotopic (exact) mass is 192 g/mol. The van der Waals surface area contributed by atoms with Gasteiger partial charge in [0, 0.05) is 44.8 Å². The highest BCUT2D eigenvalue weighted by Gasteiger charge is 2.00. The number of aromatic nitrogens is 4. The lowest BCUT2D eigenvalue weighted by atomic mass is 10.4. The predicted molar refractivity (Wildman–Crippen MR) is 52.0 cm³/mol. The molecule has 0 saturated heterocycles. The first-order chi connectivity index (χ1) is 6.77. The van der Waals surface area contributed by atoms with E-state index in [1.165, 1.54) is 0 Å². The standard InChI is InChI=1S/C9H12N4O/c1-12-6-3-10-8(12)2-5-13-7-4-11-9(13)14/h3-4,6-7H,2,5H2,1H3,(H,11,14). The fraction of sp³-hybridized carbons (Fsp3) is 0.333. The Morgan fingerprint density at radius 1 is 1.50 bits per heavy atom. The van der Waals surface area contributed by atoms with E-state index in [4.69, 9.17) is 0 Å². The van der Waals surface area contributed by atoms with E-state index >= 15 is 0 Å². The summed E-state index contributed by atoms with van der Waals surface area (Å²) in [7, 11) is 1.95. The van der Waals surface area contributed by atoms with E-state index in [-0.39, 0.29) is 5.69 Å². The minimum atomic E-state index is -0.0702. The minimum absolute atomic E-state index is 0.0702. The number of nitrogens with one attached hydrogen (secondary N) is 1. The van der Waals surface area contributed by atoms with Gasteiger partial charge in [-0.25, -0.2) is 9.78 Å². The summed E-state index contributed by atoms with van der Waals surface area (Å²) in [5.74, 6) is 0.984. The Balaban J connectivity index is 2.05. The molecule has 2 aromatic rings. The van der Waals surface area contributed by atoms with Crippen molar-refractivity contribution in [3.05, 3.63) is 41.1 Å². The van der Waals surface area contributed by atoms with Crippen molar-refractivity contribution in [1.29, 1.82) is 0 Å². The Hall–Kier alpha value is -1.78. The quantitative estimate of drug-likeness (QED) is 0.752. The van der Waals surface area contributed by atoms with Crippen molar-refractivity contribution in [2.75, 3.05) is 0 Å². The number of nitrogens with zero attached hydrogens (tertiary/aromatic N) is 3. The van der Waals surface area contributed by atoms with Gasteiger partial charge in [-0.15, -0.1) is 0 Å². The third-order valence-corrected chi connectivity index (χ3v) is 2.22. The summed E-state index contributed by atoms with van der Waals surface area (Å²) in [4.78, 5) is 17.9. The highest BCUT2D eigenvalue weighted by atomic mass is 16.1. The second kappa shape index (κ2) is 3.53. The molecule has 5 heteroatoms. The Labute approximate surface area is 81.0 Å². The fourth-order valence-electron chi connectivity index (χ4n) is 1.38. The zero-order valence-corrected chi connectivity index (χ0v) is 7.97. The van der Waals surface area contributed by atoms with E-state index < -0.39 is 0 Å². The maximum atomic E-state index is 11.1. The van der Waals surface area contributed by atoms with Crippen LogP contribution in [0.3, 0.4) is 0 Å². The van der Waals surface area contributed by atoms with Crippen molar-refractivity contribution in [1.82, 2.24) is 19.1 Å². The lowest BCUT2D eigenvalue weighted by molar-refractivity contribution is 0.633. The van der Waals surface area contributed by atoms with E-state index in [9.17, 15) is 4.79 Å². The van der Waals surface area contributed by atoms with Gasteiger partial charge < -0.3 is 9.55 Å². The van der Waals surface area contributed by atoms with Crippen molar-refractivity contribution in [2.24, 2.45) is 7.05 Å². The zero-order valence-electron chi connectivity index (χ0n) is 7.97. The molecule has 14 heavy (non-hydrogen) atoms. The second-order valence-electron chi connectivity index (χ2n) is 3.16. The molecule has 5 nitrogen and oxygen atoms in total. The predicted octanol–water partition coefficient (Wildman–Crippen LogP) is 0.153. The molecule has 0 aliphatic rings. The van der Waals surface area contributed by atoms with Crippen molar-refractivity contribution in [3.63, 3.8) is 0 Å². The lowest BCUT2D eigenvalue weighted by Gasteiger charge is -2.01. The van der Waals surface area contributed by atoms with Gasteiger partial charge in [-0.3, -0.25) is 4.57 Å². The number of rotatable bonds is 3. The third kappa shape index (κ3) is 1.61. The number of hydrogen-bond donors (Lipinski definition) is 1. The maximum Gasteiger partial charge on any atom is 0.325 e. The third-order valence-electron chi connectivity index (χ3n) is 2.22. The van der Waals surface area contributed by atoms with Crippen molar-refractivity contribution < 1.29 is 0 Å². The first kappa shape index (κ1) is 8.80. The van der Waals surface area contributed by atoms with Gasteiger partial charge in [-0.05, 0) is 0 Å². The molecular weight excluding hydrogens is 180 g/mol. The molecule has 2 aromatic heterocycles. The number of aromatic amines is 1. The molecular formula is C9H12N4O. The van der Waals surface area contributed by atoms with Gasteiger partial charge in [0.25, 0.3) is 0 Å². The summed E-state index contributed by atoms with van der Waals surface area (Å²) in [5, 5.41) is 0. The van der Waals surface area contributed by atoms with Crippen LogP contribution in [0.15, 0.2) is 29.6 Å².